The number of hydrogen-bond acceptors (Lipinski definition) is 8. The van der Waals surface area contributed by atoms with Crippen LogP contribution in [-0.2, 0) is 0 Å². The third kappa shape index (κ3) is 4.01. The lowest BCUT2D eigenvalue weighted by atomic mass is 10.0. The molecule has 1 aliphatic heterocycles. The van der Waals surface area contributed by atoms with Crippen LogP contribution in [0.4, 0.5) is 11.5 Å². The van der Waals surface area contributed by atoms with Gasteiger partial charge in [0.25, 0.3) is 5.91 Å². The molecule has 0 aliphatic carbocycles. The number of piperazine rings is 1. The molecule has 2 atom stereocenters. The topological polar surface area (TPSA) is 110 Å². The molecule has 176 valence electrons. The SMILES string of the molecule is COc1ncc2c(N3CC(C)NC(C)C3)ccc(C(=O)Nc3cc(C)c4nc(C)cn4n3)c2n1. The lowest BCUT2D eigenvalue weighted by molar-refractivity contribution is 0.102. The molecular weight excluding hydrogens is 432 g/mol. The number of aromatic nitrogens is 5. The van der Waals surface area contributed by atoms with Crippen molar-refractivity contribution in [3.8, 4) is 6.01 Å². The van der Waals surface area contributed by atoms with Gasteiger partial charge in [-0.2, -0.15) is 4.98 Å². The Bertz CT molecular complexity index is 1390. The Hall–Kier alpha value is -3.79. The fourth-order valence-electron chi connectivity index (χ4n) is 4.66. The molecule has 5 rings (SSSR count). The van der Waals surface area contributed by atoms with Crippen molar-refractivity contribution in [3.05, 3.63) is 47.4 Å². The van der Waals surface area contributed by atoms with Gasteiger partial charge in [-0.15, -0.1) is 5.10 Å². The Morgan fingerprint density at radius 2 is 1.94 bits per heavy atom. The van der Waals surface area contributed by atoms with Crippen LogP contribution in [0.2, 0.25) is 0 Å². The summed E-state index contributed by atoms with van der Waals surface area (Å²) < 4.78 is 6.94. The second kappa shape index (κ2) is 8.53. The molecule has 0 radical (unpaired) electrons. The van der Waals surface area contributed by atoms with Crippen molar-refractivity contribution in [3.63, 3.8) is 0 Å². The molecule has 3 aromatic heterocycles. The monoisotopic (exact) mass is 460 g/mol. The summed E-state index contributed by atoms with van der Waals surface area (Å²) in [6, 6.07) is 6.50. The molecule has 1 aliphatic rings. The van der Waals surface area contributed by atoms with Gasteiger partial charge in [0, 0.05) is 42.4 Å². The molecule has 10 nitrogen and oxygen atoms in total. The average molecular weight is 461 g/mol. The van der Waals surface area contributed by atoms with E-state index in [4.69, 9.17) is 4.74 Å². The van der Waals surface area contributed by atoms with Crippen molar-refractivity contribution in [2.24, 2.45) is 0 Å². The number of fused-ring (bicyclic) bond motifs is 2. The second-order valence-corrected chi connectivity index (χ2v) is 8.94. The average Bonchev–Trinajstić information content (AvgIpc) is 3.18. The van der Waals surface area contributed by atoms with Gasteiger partial charge in [0.2, 0.25) is 0 Å². The molecule has 4 heterocycles. The van der Waals surface area contributed by atoms with Crippen molar-refractivity contribution in [1.82, 2.24) is 29.9 Å². The van der Waals surface area contributed by atoms with Gasteiger partial charge in [-0.25, -0.2) is 14.5 Å². The quantitative estimate of drug-likeness (QED) is 0.478. The van der Waals surface area contributed by atoms with Crippen LogP contribution < -0.4 is 20.3 Å². The van der Waals surface area contributed by atoms with Crippen LogP contribution in [0.3, 0.4) is 0 Å². The maximum absolute atomic E-state index is 13.4. The van der Waals surface area contributed by atoms with Gasteiger partial charge in [-0.3, -0.25) is 4.79 Å². The third-order valence-corrected chi connectivity index (χ3v) is 6.00. The number of nitrogens with zero attached hydrogens (tertiary/aromatic N) is 6. The summed E-state index contributed by atoms with van der Waals surface area (Å²) in [6.07, 6.45) is 3.56. The van der Waals surface area contributed by atoms with Gasteiger partial charge in [0.15, 0.2) is 11.5 Å². The van der Waals surface area contributed by atoms with Crippen LogP contribution in [0.25, 0.3) is 16.6 Å². The standard InChI is InChI=1S/C24H28N8O2/c1-13-8-20(30-32-12-16(4)27-22(13)32)28-23(33)17-6-7-19(31-10-14(2)26-15(3)11-31)18-9-25-24(34-5)29-21(17)18/h6-9,12,14-15,26H,10-11H2,1-5H3,(H,28,30,33). The summed E-state index contributed by atoms with van der Waals surface area (Å²) in [7, 11) is 1.51. The first kappa shape index (κ1) is 22.0. The van der Waals surface area contributed by atoms with E-state index < -0.39 is 0 Å². The highest BCUT2D eigenvalue weighted by Gasteiger charge is 2.25. The number of aryl methyl sites for hydroxylation is 2. The number of hydrogen-bond donors (Lipinski definition) is 2. The lowest BCUT2D eigenvalue weighted by Crippen LogP contribution is -2.54. The van der Waals surface area contributed by atoms with E-state index in [1.54, 1.807) is 10.7 Å². The number of anilines is 2. The van der Waals surface area contributed by atoms with E-state index in [0.717, 1.165) is 41.1 Å². The van der Waals surface area contributed by atoms with E-state index in [9.17, 15) is 4.79 Å². The van der Waals surface area contributed by atoms with Crippen LogP contribution >= 0.6 is 0 Å². The van der Waals surface area contributed by atoms with Crippen LogP contribution in [0, 0.1) is 13.8 Å². The molecule has 0 spiro atoms. The number of rotatable bonds is 4. The number of carbonyl (C=O) groups is 1. The van der Waals surface area contributed by atoms with Gasteiger partial charge in [-0.05, 0) is 51.5 Å². The number of ether oxygens (including phenoxy) is 1. The minimum atomic E-state index is -0.303. The zero-order valence-electron chi connectivity index (χ0n) is 20.0. The van der Waals surface area contributed by atoms with Gasteiger partial charge >= 0.3 is 6.01 Å². The number of imidazole rings is 1. The molecule has 1 fully saturated rings. The van der Waals surface area contributed by atoms with Gasteiger partial charge in [0.1, 0.15) is 0 Å². The van der Waals surface area contributed by atoms with Crippen molar-refractivity contribution >= 4 is 34.0 Å². The van der Waals surface area contributed by atoms with E-state index in [0.29, 0.717) is 29.0 Å². The number of nitrogens with one attached hydrogen (secondary N) is 2. The number of methoxy groups -OCH3 is 1. The van der Waals surface area contributed by atoms with Gasteiger partial charge in [-0.1, -0.05) is 0 Å². The smallest absolute Gasteiger partial charge is 0.316 e. The first-order chi connectivity index (χ1) is 16.3. The number of amides is 1. The Balaban J connectivity index is 1.54. The minimum absolute atomic E-state index is 0.213. The predicted octanol–water partition coefficient (Wildman–Crippen LogP) is 2.74. The van der Waals surface area contributed by atoms with Gasteiger partial charge < -0.3 is 20.3 Å². The van der Waals surface area contributed by atoms with Gasteiger partial charge in [0.05, 0.1) is 30.1 Å². The highest BCUT2D eigenvalue weighted by molar-refractivity contribution is 6.13. The maximum atomic E-state index is 13.4. The van der Waals surface area contributed by atoms with E-state index in [1.807, 2.05) is 38.2 Å². The largest absolute Gasteiger partial charge is 0.467 e. The molecule has 34 heavy (non-hydrogen) atoms. The Labute approximate surface area is 197 Å². The van der Waals surface area contributed by atoms with Crippen LogP contribution in [-0.4, -0.2) is 62.8 Å². The first-order valence-corrected chi connectivity index (χ1v) is 11.3. The van der Waals surface area contributed by atoms with E-state index in [1.165, 1.54) is 7.11 Å². The van der Waals surface area contributed by atoms with E-state index in [-0.39, 0.29) is 11.9 Å². The molecule has 1 aromatic carbocycles. The fraction of sp³-hybridized carbons (Fsp3) is 0.375. The van der Waals surface area contributed by atoms with Crippen LogP contribution in [0.5, 0.6) is 6.01 Å². The fourth-order valence-corrected chi connectivity index (χ4v) is 4.66. The normalized spacial score (nSPS) is 18.4. The van der Waals surface area contributed by atoms with Crippen molar-refractivity contribution in [1.29, 1.82) is 0 Å². The molecule has 0 bridgehead atoms. The molecule has 1 saturated heterocycles. The molecule has 1 amide bonds. The predicted molar refractivity (Wildman–Crippen MR) is 131 cm³/mol. The van der Waals surface area contributed by atoms with Crippen LogP contribution in [0.1, 0.15) is 35.5 Å². The summed E-state index contributed by atoms with van der Waals surface area (Å²) in [5, 5.41) is 11.8. The van der Waals surface area contributed by atoms with E-state index in [2.05, 4.69) is 49.4 Å². The Morgan fingerprint density at radius 1 is 1.18 bits per heavy atom. The van der Waals surface area contributed by atoms with Crippen molar-refractivity contribution < 1.29 is 9.53 Å². The zero-order valence-corrected chi connectivity index (χ0v) is 20.0. The zero-order chi connectivity index (χ0) is 24.0. The summed E-state index contributed by atoms with van der Waals surface area (Å²) in [5.74, 6) is 0.137. The summed E-state index contributed by atoms with van der Waals surface area (Å²) in [6.45, 7) is 9.89. The van der Waals surface area contributed by atoms with Crippen LogP contribution in [0.15, 0.2) is 30.6 Å². The number of benzene rings is 1. The molecule has 2 N–H and O–H groups in total. The molecular formula is C24H28N8O2. The minimum Gasteiger partial charge on any atom is -0.467 e. The Morgan fingerprint density at radius 3 is 2.68 bits per heavy atom. The lowest BCUT2D eigenvalue weighted by Gasteiger charge is -2.38. The second-order valence-electron chi connectivity index (χ2n) is 8.94. The summed E-state index contributed by atoms with van der Waals surface area (Å²) in [5.41, 5.74) is 4.51. The maximum Gasteiger partial charge on any atom is 0.316 e. The first-order valence-electron chi connectivity index (χ1n) is 11.3. The van der Waals surface area contributed by atoms with E-state index >= 15 is 0 Å². The Kier molecular flexibility index (Phi) is 5.52. The van der Waals surface area contributed by atoms with Crippen molar-refractivity contribution in [2.75, 3.05) is 30.4 Å². The molecule has 2 unspecified atom stereocenters. The highest BCUT2D eigenvalue weighted by Crippen LogP contribution is 2.31. The highest BCUT2D eigenvalue weighted by atomic mass is 16.5. The molecule has 0 saturated carbocycles. The summed E-state index contributed by atoms with van der Waals surface area (Å²) in [4.78, 5) is 29.0. The third-order valence-electron chi connectivity index (χ3n) is 6.00. The number of carbonyl (C=O) groups excluding carboxylic acids is 1. The van der Waals surface area contributed by atoms with Crippen molar-refractivity contribution in [2.45, 2.75) is 39.8 Å². The molecule has 4 aromatic rings. The summed E-state index contributed by atoms with van der Waals surface area (Å²) >= 11 is 0. The molecule has 10 heteroatoms.